The Morgan fingerprint density at radius 1 is 1.50 bits per heavy atom. The van der Waals surface area contributed by atoms with Gasteiger partial charge < -0.3 is 9.73 Å². The molecule has 1 unspecified atom stereocenters. The second-order valence-electron chi connectivity index (χ2n) is 5.53. The maximum absolute atomic E-state index is 5.65. The Hall–Kier alpha value is -0.800. The van der Waals surface area contributed by atoms with Crippen molar-refractivity contribution in [1.82, 2.24) is 10.2 Å². The first-order chi connectivity index (χ1) is 8.79. The Morgan fingerprint density at radius 3 is 3.17 bits per heavy atom. The summed E-state index contributed by atoms with van der Waals surface area (Å²) in [6.07, 6.45) is 5.70. The van der Waals surface area contributed by atoms with Crippen LogP contribution in [0.1, 0.15) is 44.4 Å². The molecule has 0 bridgehead atoms. The van der Waals surface area contributed by atoms with E-state index < -0.39 is 0 Å². The average Bonchev–Trinajstić information content (AvgIpc) is 2.77. The molecule has 1 aliphatic rings. The fourth-order valence-corrected chi connectivity index (χ4v) is 2.70. The van der Waals surface area contributed by atoms with Gasteiger partial charge in [0.1, 0.15) is 5.76 Å². The van der Waals surface area contributed by atoms with Crippen LogP contribution in [0.3, 0.4) is 0 Å². The third-order valence-electron chi connectivity index (χ3n) is 3.69. The molecule has 0 saturated carbocycles. The summed E-state index contributed by atoms with van der Waals surface area (Å²) in [5, 5.41) is 3.45. The molecule has 2 rings (SSSR count). The largest absolute Gasteiger partial charge is 0.468 e. The molecule has 1 aliphatic heterocycles. The standard InChI is InChI=1S/C15H26N2O/c1-3-7-16-10-14-6-9-18-15(14)12-17-8-4-5-13(2)11-17/h6,9,13,16H,3-5,7-8,10-12H2,1-2H3. The normalized spacial score (nSPS) is 21.3. The highest BCUT2D eigenvalue weighted by Crippen LogP contribution is 2.20. The van der Waals surface area contributed by atoms with E-state index in [4.69, 9.17) is 4.42 Å². The van der Waals surface area contributed by atoms with E-state index in [-0.39, 0.29) is 0 Å². The molecule has 1 aromatic heterocycles. The minimum atomic E-state index is 0.829. The summed E-state index contributed by atoms with van der Waals surface area (Å²) in [6.45, 7) is 9.95. The van der Waals surface area contributed by atoms with Crippen molar-refractivity contribution in [2.45, 2.75) is 46.2 Å². The van der Waals surface area contributed by atoms with E-state index >= 15 is 0 Å². The number of likely N-dealkylation sites (tertiary alicyclic amines) is 1. The Bertz CT molecular complexity index is 348. The topological polar surface area (TPSA) is 28.4 Å². The van der Waals surface area contributed by atoms with Gasteiger partial charge in [-0.25, -0.2) is 0 Å². The van der Waals surface area contributed by atoms with Crippen molar-refractivity contribution < 1.29 is 4.42 Å². The quantitative estimate of drug-likeness (QED) is 0.787. The van der Waals surface area contributed by atoms with E-state index in [0.717, 1.165) is 31.3 Å². The van der Waals surface area contributed by atoms with Gasteiger partial charge in [0.2, 0.25) is 0 Å². The van der Waals surface area contributed by atoms with Crippen LogP contribution in [-0.2, 0) is 13.1 Å². The molecule has 0 radical (unpaired) electrons. The third kappa shape index (κ3) is 3.85. The molecule has 1 aromatic rings. The van der Waals surface area contributed by atoms with Crippen LogP contribution in [-0.4, -0.2) is 24.5 Å². The number of furan rings is 1. The van der Waals surface area contributed by atoms with Gasteiger partial charge >= 0.3 is 0 Å². The maximum Gasteiger partial charge on any atom is 0.122 e. The predicted octanol–water partition coefficient (Wildman–Crippen LogP) is 3.01. The van der Waals surface area contributed by atoms with Gasteiger partial charge in [0.15, 0.2) is 0 Å². The highest BCUT2D eigenvalue weighted by Gasteiger charge is 2.18. The monoisotopic (exact) mass is 250 g/mol. The van der Waals surface area contributed by atoms with Crippen molar-refractivity contribution in [3.05, 3.63) is 23.7 Å². The average molecular weight is 250 g/mol. The lowest BCUT2D eigenvalue weighted by Crippen LogP contribution is -2.34. The molecule has 1 fully saturated rings. The van der Waals surface area contributed by atoms with Gasteiger partial charge in [0, 0.05) is 18.7 Å². The fourth-order valence-electron chi connectivity index (χ4n) is 2.70. The van der Waals surface area contributed by atoms with E-state index in [0.29, 0.717) is 0 Å². The minimum Gasteiger partial charge on any atom is -0.468 e. The summed E-state index contributed by atoms with van der Waals surface area (Å²) in [6, 6.07) is 2.10. The van der Waals surface area contributed by atoms with E-state index in [1.165, 1.54) is 37.9 Å². The molecular weight excluding hydrogens is 224 g/mol. The molecule has 102 valence electrons. The highest BCUT2D eigenvalue weighted by atomic mass is 16.3. The Labute approximate surface area is 111 Å². The van der Waals surface area contributed by atoms with Crippen molar-refractivity contribution >= 4 is 0 Å². The lowest BCUT2D eigenvalue weighted by atomic mass is 10.00. The van der Waals surface area contributed by atoms with Crippen LogP contribution in [0.5, 0.6) is 0 Å². The third-order valence-corrected chi connectivity index (χ3v) is 3.69. The zero-order valence-corrected chi connectivity index (χ0v) is 11.7. The first-order valence-corrected chi connectivity index (χ1v) is 7.28. The Kier molecular flexibility index (Phi) is 5.26. The molecule has 1 saturated heterocycles. The van der Waals surface area contributed by atoms with E-state index in [9.17, 15) is 0 Å². The summed E-state index contributed by atoms with van der Waals surface area (Å²) in [7, 11) is 0. The second-order valence-corrected chi connectivity index (χ2v) is 5.53. The number of rotatable bonds is 6. The lowest BCUT2D eigenvalue weighted by Gasteiger charge is -2.30. The van der Waals surface area contributed by atoms with Gasteiger partial charge in [-0.1, -0.05) is 13.8 Å². The van der Waals surface area contributed by atoms with Crippen molar-refractivity contribution in [2.24, 2.45) is 5.92 Å². The zero-order valence-electron chi connectivity index (χ0n) is 11.7. The first-order valence-electron chi connectivity index (χ1n) is 7.28. The Balaban J connectivity index is 1.86. The summed E-state index contributed by atoms with van der Waals surface area (Å²) in [4.78, 5) is 2.52. The molecule has 0 amide bonds. The van der Waals surface area contributed by atoms with Crippen molar-refractivity contribution in [1.29, 1.82) is 0 Å². The van der Waals surface area contributed by atoms with Crippen LogP contribution in [0.25, 0.3) is 0 Å². The summed E-state index contributed by atoms with van der Waals surface area (Å²) >= 11 is 0. The molecule has 3 nitrogen and oxygen atoms in total. The zero-order chi connectivity index (χ0) is 12.8. The van der Waals surface area contributed by atoms with Crippen molar-refractivity contribution in [2.75, 3.05) is 19.6 Å². The number of nitrogens with zero attached hydrogens (tertiary/aromatic N) is 1. The van der Waals surface area contributed by atoms with Gasteiger partial charge in [-0.2, -0.15) is 0 Å². The van der Waals surface area contributed by atoms with Crippen molar-refractivity contribution in [3.63, 3.8) is 0 Å². The first kappa shape index (κ1) is 13.6. The van der Waals surface area contributed by atoms with Crippen LogP contribution >= 0.6 is 0 Å². The highest BCUT2D eigenvalue weighted by molar-refractivity contribution is 5.16. The van der Waals surface area contributed by atoms with Crippen LogP contribution < -0.4 is 5.32 Å². The van der Waals surface area contributed by atoms with Gasteiger partial charge in [-0.3, -0.25) is 4.90 Å². The fraction of sp³-hybridized carbons (Fsp3) is 0.733. The van der Waals surface area contributed by atoms with Crippen LogP contribution in [0.2, 0.25) is 0 Å². The van der Waals surface area contributed by atoms with Gasteiger partial charge in [0.25, 0.3) is 0 Å². The summed E-state index contributed by atoms with van der Waals surface area (Å²) in [5.74, 6) is 1.98. The molecule has 0 spiro atoms. The molecule has 18 heavy (non-hydrogen) atoms. The number of piperidine rings is 1. The van der Waals surface area contributed by atoms with E-state index in [1.54, 1.807) is 0 Å². The van der Waals surface area contributed by atoms with Gasteiger partial charge in [-0.15, -0.1) is 0 Å². The van der Waals surface area contributed by atoms with Crippen LogP contribution in [0, 0.1) is 5.92 Å². The lowest BCUT2D eigenvalue weighted by molar-refractivity contribution is 0.164. The smallest absolute Gasteiger partial charge is 0.122 e. The summed E-state index contributed by atoms with van der Waals surface area (Å²) in [5.41, 5.74) is 1.32. The number of hydrogen-bond acceptors (Lipinski definition) is 3. The maximum atomic E-state index is 5.65. The molecular formula is C15H26N2O. The van der Waals surface area contributed by atoms with E-state index in [1.807, 2.05) is 6.26 Å². The molecule has 3 heteroatoms. The molecule has 0 aromatic carbocycles. The molecule has 0 aliphatic carbocycles. The number of hydrogen-bond donors (Lipinski definition) is 1. The second kappa shape index (κ2) is 6.95. The van der Waals surface area contributed by atoms with Crippen molar-refractivity contribution in [3.8, 4) is 0 Å². The number of nitrogens with one attached hydrogen (secondary N) is 1. The van der Waals surface area contributed by atoms with Crippen LogP contribution in [0.15, 0.2) is 16.7 Å². The SMILES string of the molecule is CCCNCc1ccoc1CN1CCCC(C)C1. The molecule has 1 N–H and O–H groups in total. The molecule has 1 atom stereocenters. The summed E-state index contributed by atoms with van der Waals surface area (Å²) < 4.78 is 5.65. The predicted molar refractivity (Wildman–Crippen MR) is 74.4 cm³/mol. The van der Waals surface area contributed by atoms with Gasteiger partial charge in [0.05, 0.1) is 12.8 Å². The Morgan fingerprint density at radius 2 is 2.39 bits per heavy atom. The minimum absolute atomic E-state index is 0.829. The molecule has 2 heterocycles. The van der Waals surface area contributed by atoms with Crippen LogP contribution in [0.4, 0.5) is 0 Å². The van der Waals surface area contributed by atoms with E-state index in [2.05, 4.69) is 30.1 Å². The van der Waals surface area contributed by atoms with Gasteiger partial charge in [-0.05, 0) is 44.3 Å².